The molecule has 0 saturated carbocycles. The van der Waals surface area contributed by atoms with Gasteiger partial charge >= 0.3 is 7.12 Å². The van der Waals surface area contributed by atoms with E-state index in [-0.39, 0.29) is 0 Å². The third kappa shape index (κ3) is 4.11. The van der Waals surface area contributed by atoms with E-state index in [1.807, 2.05) is 12.3 Å². The maximum absolute atomic E-state index is 6.82. The van der Waals surface area contributed by atoms with Crippen molar-refractivity contribution in [2.75, 3.05) is 0 Å². The predicted octanol–water partition coefficient (Wildman–Crippen LogP) is 9.11. The zero-order valence-corrected chi connectivity index (χ0v) is 27.6. The van der Waals surface area contributed by atoms with Gasteiger partial charge in [-0.1, -0.05) is 115 Å². The number of fused-ring (bicyclic) bond motifs is 6. The highest BCUT2D eigenvalue weighted by Gasteiger charge is 2.54. The van der Waals surface area contributed by atoms with Gasteiger partial charge in [0.2, 0.25) is 0 Å². The third-order valence-electron chi connectivity index (χ3n) is 10.8. The van der Waals surface area contributed by atoms with Crippen LogP contribution < -0.4 is 5.46 Å². The minimum atomic E-state index is -0.591. The number of nitrogens with zero attached hydrogens (tertiary/aromatic N) is 2. The highest BCUT2D eigenvalue weighted by molar-refractivity contribution is 6.64. The molecule has 1 aliphatic carbocycles. The summed E-state index contributed by atoms with van der Waals surface area (Å²) >= 11 is 0. The van der Waals surface area contributed by atoms with Crippen LogP contribution in [-0.4, -0.2) is 28.3 Å². The maximum Gasteiger partial charge on any atom is 0.495 e. The number of rotatable bonds is 4. The first-order valence-electron chi connectivity index (χ1n) is 16.7. The molecule has 0 atom stereocenters. The Morgan fingerprint density at radius 1 is 0.521 bits per heavy atom. The molecule has 0 bridgehead atoms. The van der Waals surface area contributed by atoms with E-state index in [4.69, 9.17) is 19.3 Å². The second-order valence-electron chi connectivity index (χ2n) is 14.0. The number of hydrogen-bond donors (Lipinski definition) is 0. The molecule has 0 radical (unpaired) electrons. The quantitative estimate of drug-likeness (QED) is 0.145. The Balaban J connectivity index is 1.38. The minimum Gasteiger partial charge on any atom is -0.399 e. The molecule has 4 nitrogen and oxygen atoms in total. The van der Waals surface area contributed by atoms with Crippen LogP contribution in [0.1, 0.15) is 49.9 Å². The van der Waals surface area contributed by atoms with Crippen LogP contribution in [0.25, 0.3) is 44.2 Å². The van der Waals surface area contributed by atoms with Crippen LogP contribution in [0, 0.1) is 0 Å². The average Bonchev–Trinajstić information content (AvgIpc) is 3.53. The van der Waals surface area contributed by atoms with E-state index >= 15 is 0 Å². The molecule has 0 unspecified atom stereocenters. The molecule has 7 aromatic rings. The van der Waals surface area contributed by atoms with Crippen molar-refractivity contribution in [3.05, 3.63) is 162 Å². The van der Waals surface area contributed by atoms with Gasteiger partial charge in [0.05, 0.1) is 33.3 Å². The molecule has 1 aliphatic heterocycles. The second-order valence-corrected chi connectivity index (χ2v) is 14.0. The van der Waals surface area contributed by atoms with Crippen LogP contribution in [0.5, 0.6) is 0 Å². The molecule has 5 aromatic carbocycles. The van der Waals surface area contributed by atoms with Gasteiger partial charge in [-0.3, -0.25) is 4.98 Å². The Hall–Kier alpha value is -5.10. The fraction of sp³-hybridized carbons (Fsp3) is 0.163. The first-order chi connectivity index (χ1) is 23.3. The molecule has 48 heavy (non-hydrogen) atoms. The molecular weight excluding hydrogens is 587 g/mol. The molecule has 0 N–H and O–H groups in total. The summed E-state index contributed by atoms with van der Waals surface area (Å²) in [6.45, 7) is 8.45. The molecule has 232 valence electrons. The molecular formula is C43H35BN2O2. The number of hydrogen-bond acceptors (Lipinski definition) is 4. The first-order valence-corrected chi connectivity index (χ1v) is 16.7. The van der Waals surface area contributed by atoms with E-state index in [9.17, 15) is 0 Å². The number of aromatic nitrogens is 2. The summed E-state index contributed by atoms with van der Waals surface area (Å²) in [6.07, 6.45) is 1.84. The third-order valence-corrected chi connectivity index (χ3v) is 10.8. The number of pyridine rings is 2. The lowest BCUT2D eigenvalue weighted by Crippen LogP contribution is -2.41. The van der Waals surface area contributed by atoms with Gasteiger partial charge in [-0.2, -0.15) is 0 Å². The Morgan fingerprint density at radius 3 is 1.81 bits per heavy atom. The van der Waals surface area contributed by atoms with Crippen LogP contribution in [0.15, 0.2) is 140 Å². The lowest BCUT2D eigenvalue weighted by Gasteiger charge is -2.34. The molecule has 5 heteroatoms. The van der Waals surface area contributed by atoms with Crippen LogP contribution in [0.2, 0.25) is 0 Å². The smallest absolute Gasteiger partial charge is 0.399 e. The highest BCUT2D eigenvalue weighted by Crippen LogP contribution is 2.56. The summed E-state index contributed by atoms with van der Waals surface area (Å²) in [7, 11) is -0.591. The summed E-state index contributed by atoms with van der Waals surface area (Å²) < 4.78 is 13.6. The SMILES string of the molecule is CC1(C)OB(c2cc3c(cc2-c2ccc4ccc5cccnc5c4n2)-c2ccccc2C3(c2ccccc2)c2ccccc2)OC1(C)C. The number of benzene rings is 5. The molecule has 9 rings (SSSR count). The molecule has 3 heterocycles. The molecule has 1 saturated heterocycles. The van der Waals surface area contributed by atoms with Crippen molar-refractivity contribution in [1.29, 1.82) is 0 Å². The van der Waals surface area contributed by atoms with Gasteiger partial charge in [-0.05, 0) is 84.7 Å². The van der Waals surface area contributed by atoms with E-state index in [0.717, 1.165) is 38.5 Å². The first kappa shape index (κ1) is 29.1. The minimum absolute atomic E-state index is 0.510. The van der Waals surface area contributed by atoms with E-state index in [0.29, 0.717) is 0 Å². The Bertz CT molecular complexity index is 2310. The van der Waals surface area contributed by atoms with Crippen molar-refractivity contribution in [2.45, 2.75) is 44.3 Å². The van der Waals surface area contributed by atoms with Crippen molar-refractivity contribution in [3.8, 4) is 22.4 Å². The van der Waals surface area contributed by atoms with Crippen molar-refractivity contribution < 1.29 is 9.31 Å². The standard InChI is InChI=1S/C43H35BN2O2/c1-41(2)42(3,4)48-44(47-41)37-27-36-33(26-34(37)38-24-23-29-22-21-28-14-13-25-45-39(28)40(29)46-38)32-19-11-12-20-35(32)43(36,30-15-7-5-8-16-30)31-17-9-6-10-18-31/h5-27H,1-4H3. The Kier molecular flexibility index (Phi) is 6.33. The van der Waals surface area contributed by atoms with Gasteiger partial charge in [0, 0.05) is 22.5 Å². The summed E-state index contributed by atoms with van der Waals surface area (Å²) in [6, 6.07) is 47.8. The van der Waals surface area contributed by atoms with Gasteiger partial charge in [-0.25, -0.2) is 4.98 Å². The maximum atomic E-state index is 6.82. The van der Waals surface area contributed by atoms with Crippen molar-refractivity contribution in [1.82, 2.24) is 9.97 Å². The Morgan fingerprint density at radius 2 is 1.12 bits per heavy atom. The van der Waals surface area contributed by atoms with Gasteiger partial charge in [-0.15, -0.1) is 0 Å². The van der Waals surface area contributed by atoms with Gasteiger partial charge in [0.25, 0.3) is 0 Å². The summed E-state index contributed by atoms with van der Waals surface area (Å²) in [4.78, 5) is 10.1. The van der Waals surface area contributed by atoms with Crippen LogP contribution in [0.4, 0.5) is 0 Å². The van der Waals surface area contributed by atoms with Crippen molar-refractivity contribution in [3.63, 3.8) is 0 Å². The molecule has 1 fully saturated rings. The average molecular weight is 623 g/mol. The van der Waals surface area contributed by atoms with Crippen LogP contribution >= 0.6 is 0 Å². The summed E-state index contributed by atoms with van der Waals surface area (Å²) in [5, 5.41) is 2.13. The van der Waals surface area contributed by atoms with Crippen molar-refractivity contribution in [2.24, 2.45) is 0 Å². The monoisotopic (exact) mass is 622 g/mol. The van der Waals surface area contributed by atoms with E-state index in [2.05, 4.69) is 155 Å². The fourth-order valence-electron chi connectivity index (χ4n) is 7.77. The van der Waals surface area contributed by atoms with Gasteiger partial charge < -0.3 is 9.31 Å². The molecule has 0 spiro atoms. The summed E-state index contributed by atoms with van der Waals surface area (Å²) in [5.74, 6) is 0. The lowest BCUT2D eigenvalue weighted by molar-refractivity contribution is 0.00578. The molecule has 0 amide bonds. The van der Waals surface area contributed by atoms with Gasteiger partial charge in [0.15, 0.2) is 0 Å². The molecule has 2 aromatic heterocycles. The highest BCUT2D eigenvalue weighted by atomic mass is 16.7. The van der Waals surface area contributed by atoms with Crippen LogP contribution in [0.3, 0.4) is 0 Å². The zero-order valence-electron chi connectivity index (χ0n) is 27.6. The fourth-order valence-corrected chi connectivity index (χ4v) is 7.77. The normalized spacial score (nSPS) is 17.0. The zero-order chi connectivity index (χ0) is 32.7. The largest absolute Gasteiger partial charge is 0.495 e. The Labute approximate surface area is 281 Å². The van der Waals surface area contributed by atoms with Crippen molar-refractivity contribution >= 4 is 34.4 Å². The predicted molar refractivity (Wildman–Crippen MR) is 195 cm³/mol. The van der Waals surface area contributed by atoms with Crippen LogP contribution in [-0.2, 0) is 14.7 Å². The van der Waals surface area contributed by atoms with E-state index < -0.39 is 23.7 Å². The second kappa shape index (κ2) is 10.5. The molecule has 2 aliphatic rings. The van der Waals surface area contributed by atoms with Gasteiger partial charge in [0.1, 0.15) is 0 Å². The summed E-state index contributed by atoms with van der Waals surface area (Å²) in [5.41, 5.74) is 10.4. The lowest BCUT2D eigenvalue weighted by atomic mass is 9.65. The van der Waals surface area contributed by atoms with E-state index in [1.165, 1.54) is 33.4 Å². The topological polar surface area (TPSA) is 44.2 Å². The van der Waals surface area contributed by atoms with E-state index in [1.54, 1.807) is 0 Å².